The molecule has 0 radical (unpaired) electrons. The third-order valence-corrected chi connectivity index (χ3v) is 6.22. The number of nitrogens with two attached hydrogens (primary N) is 1. The van der Waals surface area contributed by atoms with E-state index in [-0.39, 0.29) is 23.7 Å². The van der Waals surface area contributed by atoms with Crippen LogP contribution in [0.2, 0.25) is 10.0 Å². The van der Waals surface area contributed by atoms with Gasteiger partial charge in [0.1, 0.15) is 0 Å². The number of carbonyl (C=O) groups excluding carboxylic acids is 1. The molecule has 1 saturated heterocycles. The first-order valence-corrected chi connectivity index (χ1v) is 9.04. The van der Waals surface area contributed by atoms with Crippen LogP contribution in [0.1, 0.15) is 23.0 Å². The van der Waals surface area contributed by atoms with Crippen molar-refractivity contribution in [2.75, 3.05) is 19.6 Å². The van der Waals surface area contributed by atoms with Crippen molar-refractivity contribution in [3.63, 3.8) is 0 Å². The molecular formula is C17H19Cl3N2OS. The summed E-state index contributed by atoms with van der Waals surface area (Å²) in [6.45, 7) is 4.24. The standard InChI is InChI=1S/C17H18Cl2N2OS.ClH/c1-17(9-20)6-7-21(10-17)16(22)15-5-4-14(23-15)11-2-3-12(18)13(19)8-11;/h2-5,8H,6-7,9-10,20H2,1H3;1H. The second-order valence-electron chi connectivity index (χ2n) is 6.28. The van der Waals surface area contributed by atoms with Crippen molar-refractivity contribution in [2.24, 2.45) is 11.1 Å². The minimum atomic E-state index is 0. The van der Waals surface area contributed by atoms with Crippen molar-refractivity contribution < 1.29 is 4.79 Å². The van der Waals surface area contributed by atoms with E-state index in [0.29, 0.717) is 16.6 Å². The van der Waals surface area contributed by atoms with Gasteiger partial charge in [-0.3, -0.25) is 4.79 Å². The summed E-state index contributed by atoms with van der Waals surface area (Å²) in [7, 11) is 0. The smallest absolute Gasteiger partial charge is 0.263 e. The zero-order valence-corrected chi connectivity index (χ0v) is 16.4. The highest BCUT2D eigenvalue weighted by atomic mass is 35.5. The van der Waals surface area contributed by atoms with E-state index in [0.717, 1.165) is 34.8 Å². The summed E-state index contributed by atoms with van der Waals surface area (Å²) < 4.78 is 0. The van der Waals surface area contributed by atoms with E-state index in [1.165, 1.54) is 11.3 Å². The van der Waals surface area contributed by atoms with Gasteiger partial charge < -0.3 is 10.6 Å². The Morgan fingerprint density at radius 2 is 2.04 bits per heavy atom. The van der Waals surface area contributed by atoms with Crippen LogP contribution in [-0.4, -0.2) is 30.4 Å². The van der Waals surface area contributed by atoms with Crippen LogP contribution in [0.4, 0.5) is 0 Å². The number of amides is 1. The first-order valence-electron chi connectivity index (χ1n) is 7.46. The maximum atomic E-state index is 12.7. The first kappa shape index (κ1) is 19.5. The topological polar surface area (TPSA) is 46.3 Å². The minimum Gasteiger partial charge on any atom is -0.337 e. The van der Waals surface area contributed by atoms with Crippen molar-refractivity contribution >= 4 is 52.9 Å². The molecule has 1 aliphatic rings. The van der Waals surface area contributed by atoms with Crippen LogP contribution in [0, 0.1) is 5.41 Å². The van der Waals surface area contributed by atoms with Gasteiger partial charge in [0.25, 0.3) is 5.91 Å². The number of hydrogen-bond acceptors (Lipinski definition) is 3. The average molecular weight is 406 g/mol. The summed E-state index contributed by atoms with van der Waals surface area (Å²) in [4.78, 5) is 16.3. The molecule has 2 N–H and O–H groups in total. The number of halogens is 3. The number of carbonyl (C=O) groups is 1. The zero-order valence-electron chi connectivity index (χ0n) is 13.2. The van der Waals surface area contributed by atoms with E-state index < -0.39 is 0 Å². The molecule has 7 heteroatoms. The number of rotatable bonds is 3. The number of benzene rings is 1. The second kappa shape index (κ2) is 7.63. The van der Waals surface area contributed by atoms with Gasteiger partial charge in [-0.25, -0.2) is 0 Å². The fraction of sp³-hybridized carbons (Fsp3) is 0.353. The Bertz CT molecular complexity index is 749. The fourth-order valence-electron chi connectivity index (χ4n) is 2.78. The van der Waals surface area contributed by atoms with Crippen LogP contribution >= 0.6 is 46.9 Å². The van der Waals surface area contributed by atoms with E-state index in [9.17, 15) is 4.79 Å². The Hall–Kier alpha value is -0.780. The molecule has 24 heavy (non-hydrogen) atoms. The van der Waals surface area contributed by atoms with Gasteiger partial charge in [-0.15, -0.1) is 23.7 Å². The largest absolute Gasteiger partial charge is 0.337 e. The third-order valence-electron chi connectivity index (χ3n) is 4.36. The highest BCUT2D eigenvalue weighted by molar-refractivity contribution is 7.17. The highest BCUT2D eigenvalue weighted by Gasteiger charge is 2.35. The Morgan fingerprint density at radius 1 is 1.29 bits per heavy atom. The van der Waals surface area contributed by atoms with Crippen LogP contribution in [0.5, 0.6) is 0 Å². The summed E-state index contributed by atoms with van der Waals surface area (Å²) in [5, 5.41) is 1.05. The maximum absolute atomic E-state index is 12.7. The van der Waals surface area contributed by atoms with E-state index in [2.05, 4.69) is 6.92 Å². The summed E-state index contributed by atoms with van der Waals surface area (Å²) in [5.74, 6) is 0.0819. The lowest BCUT2D eigenvalue weighted by Crippen LogP contribution is -2.34. The normalized spacial score (nSPS) is 20.1. The molecule has 1 aromatic heterocycles. The minimum absolute atomic E-state index is 0. The fourth-order valence-corrected chi connectivity index (χ4v) is 4.05. The summed E-state index contributed by atoms with van der Waals surface area (Å²) in [5.41, 5.74) is 6.83. The number of nitrogens with zero attached hydrogens (tertiary/aromatic N) is 1. The molecule has 1 amide bonds. The van der Waals surface area contributed by atoms with Crippen molar-refractivity contribution in [3.8, 4) is 10.4 Å². The molecule has 3 rings (SSSR count). The third kappa shape index (κ3) is 3.89. The molecule has 2 heterocycles. The summed E-state index contributed by atoms with van der Waals surface area (Å²) in [6, 6.07) is 9.34. The Kier molecular flexibility index (Phi) is 6.21. The predicted molar refractivity (Wildman–Crippen MR) is 105 cm³/mol. The van der Waals surface area contributed by atoms with Crippen molar-refractivity contribution in [1.29, 1.82) is 0 Å². The van der Waals surface area contributed by atoms with E-state index in [4.69, 9.17) is 28.9 Å². The molecular weight excluding hydrogens is 387 g/mol. The Balaban J connectivity index is 0.00000208. The summed E-state index contributed by atoms with van der Waals surface area (Å²) >= 11 is 13.5. The van der Waals surface area contributed by atoms with Crippen LogP contribution in [0.25, 0.3) is 10.4 Å². The van der Waals surface area contributed by atoms with Gasteiger partial charge in [-0.1, -0.05) is 36.2 Å². The van der Waals surface area contributed by atoms with Gasteiger partial charge >= 0.3 is 0 Å². The molecule has 0 saturated carbocycles. The molecule has 0 aliphatic carbocycles. The molecule has 0 bridgehead atoms. The first-order chi connectivity index (χ1) is 10.9. The average Bonchev–Trinajstić information content (AvgIpc) is 3.17. The van der Waals surface area contributed by atoms with E-state index in [1.807, 2.05) is 29.2 Å². The van der Waals surface area contributed by atoms with Gasteiger partial charge in [-0.05, 0) is 48.2 Å². The zero-order chi connectivity index (χ0) is 16.6. The number of hydrogen-bond donors (Lipinski definition) is 1. The van der Waals surface area contributed by atoms with E-state index in [1.54, 1.807) is 6.07 Å². The molecule has 1 atom stereocenters. The lowest BCUT2D eigenvalue weighted by Gasteiger charge is -2.22. The van der Waals surface area contributed by atoms with Gasteiger partial charge in [-0.2, -0.15) is 0 Å². The van der Waals surface area contributed by atoms with Crippen LogP contribution < -0.4 is 5.73 Å². The van der Waals surface area contributed by atoms with Crippen LogP contribution in [0.15, 0.2) is 30.3 Å². The predicted octanol–water partition coefficient (Wildman–Crippen LogP) is 4.95. The van der Waals surface area contributed by atoms with Crippen LogP contribution in [0.3, 0.4) is 0 Å². The van der Waals surface area contributed by atoms with E-state index >= 15 is 0 Å². The molecule has 2 aromatic rings. The monoisotopic (exact) mass is 404 g/mol. The molecule has 1 aromatic carbocycles. The molecule has 1 fully saturated rings. The summed E-state index contributed by atoms with van der Waals surface area (Å²) in [6.07, 6.45) is 0.959. The quantitative estimate of drug-likeness (QED) is 0.785. The Morgan fingerprint density at radius 3 is 2.67 bits per heavy atom. The Labute approximate surface area is 162 Å². The van der Waals surface area contributed by atoms with Gasteiger partial charge in [0, 0.05) is 18.0 Å². The molecule has 1 unspecified atom stereocenters. The molecule has 130 valence electrons. The molecule has 0 spiro atoms. The molecule has 1 aliphatic heterocycles. The van der Waals surface area contributed by atoms with Crippen molar-refractivity contribution in [1.82, 2.24) is 4.90 Å². The maximum Gasteiger partial charge on any atom is 0.263 e. The second-order valence-corrected chi connectivity index (χ2v) is 8.18. The lowest BCUT2D eigenvalue weighted by molar-refractivity contribution is 0.0781. The van der Waals surface area contributed by atoms with Gasteiger partial charge in [0.05, 0.1) is 14.9 Å². The van der Waals surface area contributed by atoms with Crippen molar-refractivity contribution in [3.05, 3.63) is 45.3 Å². The lowest BCUT2D eigenvalue weighted by atomic mass is 9.90. The van der Waals surface area contributed by atoms with Crippen LogP contribution in [-0.2, 0) is 0 Å². The van der Waals surface area contributed by atoms with Gasteiger partial charge in [0.2, 0.25) is 0 Å². The number of likely N-dealkylation sites (tertiary alicyclic amines) is 1. The SMILES string of the molecule is CC1(CN)CCN(C(=O)c2ccc(-c3ccc(Cl)c(Cl)c3)s2)C1.Cl. The van der Waals surface area contributed by atoms with Gasteiger partial charge in [0.15, 0.2) is 0 Å². The van der Waals surface area contributed by atoms with Crippen molar-refractivity contribution in [2.45, 2.75) is 13.3 Å². The highest BCUT2D eigenvalue weighted by Crippen LogP contribution is 2.35. The number of thiophene rings is 1. The molecule has 3 nitrogen and oxygen atoms in total.